The second-order valence-corrected chi connectivity index (χ2v) is 5.09. The standard InChI is InChI=1S/C15H19ClN4/c1-3-17-15-9-18-13(8-19-15)11-20(2)10-12-6-4-5-7-14(12)16/h4-9H,3,10-11H2,1-2H3,(H,17,19). The molecule has 0 atom stereocenters. The Morgan fingerprint density at radius 1 is 1.15 bits per heavy atom. The Balaban J connectivity index is 1.94. The van der Waals surface area contributed by atoms with Crippen LogP contribution in [-0.4, -0.2) is 28.5 Å². The monoisotopic (exact) mass is 290 g/mol. The maximum atomic E-state index is 6.16. The fourth-order valence-electron chi connectivity index (χ4n) is 1.96. The molecule has 0 spiro atoms. The second-order valence-electron chi connectivity index (χ2n) is 4.69. The Morgan fingerprint density at radius 3 is 2.60 bits per heavy atom. The van der Waals surface area contributed by atoms with E-state index >= 15 is 0 Å². The third-order valence-electron chi connectivity index (χ3n) is 2.89. The highest BCUT2D eigenvalue weighted by atomic mass is 35.5. The predicted octanol–water partition coefficient (Wildman–Crippen LogP) is 3.19. The van der Waals surface area contributed by atoms with Crippen LogP contribution in [0.15, 0.2) is 36.7 Å². The van der Waals surface area contributed by atoms with Crippen molar-refractivity contribution in [3.05, 3.63) is 52.9 Å². The van der Waals surface area contributed by atoms with E-state index in [1.54, 1.807) is 12.4 Å². The van der Waals surface area contributed by atoms with E-state index in [-0.39, 0.29) is 0 Å². The molecule has 2 rings (SSSR count). The van der Waals surface area contributed by atoms with Gasteiger partial charge in [-0.25, -0.2) is 4.98 Å². The molecule has 0 radical (unpaired) electrons. The van der Waals surface area contributed by atoms with Gasteiger partial charge in [0.05, 0.1) is 18.1 Å². The summed E-state index contributed by atoms with van der Waals surface area (Å²) in [7, 11) is 2.04. The second kappa shape index (κ2) is 7.22. The number of halogens is 1. The van der Waals surface area contributed by atoms with Crippen molar-refractivity contribution in [3.63, 3.8) is 0 Å². The van der Waals surface area contributed by atoms with Crippen molar-refractivity contribution in [1.29, 1.82) is 0 Å². The van der Waals surface area contributed by atoms with Crippen molar-refractivity contribution in [2.75, 3.05) is 18.9 Å². The lowest BCUT2D eigenvalue weighted by molar-refractivity contribution is 0.314. The van der Waals surface area contributed by atoms with Crippen molar-refractivity contribution in [2.24, 2.45) is 0 Å². The predicted molar refractivity (Wildman–Crippen MR) is 82.8 cm³/mol. The van der Waals surface area contributed by atoms with Gasteiger partial charge in [0.25, 0.3) is 0 Å². The highest BCUT2D eigenvalue weighted by Crippen LogP contribution is 2.17. The summed E-state index contributed by atoms with van der Waals surface area (Å²) in [4.78, 5) is 10.9. The molecular weight excluding hydrogens is 272 g/mol. The van der Waals surface area contributed by atoms with E-state index in [2.05, 4.69) is 20.2 Å². The summed E-state index contributed by atoms with van der Waals surface area (Å²) in [6, 6.07) is 7.89. The van der Waals surface area contributed by atoms with Gasteiger partial charge < -0.3 is 5.32 Å². The number of rotatable bonds is 6. The molecule has 1 aromatic carbocycles. The maximum Gasteiger partial charge on any atom is 0.144 e. The van der Waals surface area contributed by atoms with Gasteiger partial charge in [0.1, 0.15) is 5.82 Å². The van der Waals surface area contributed by atoms with Crippen molar-refractivity contribution in [2.45, 2.75) is 20.0 Å². The van der Waals surface area contributed by atoms with E-state index in [4.69, 9.17) is 11.6 Å². The zero-order chi connectivity index (χ0) is 14.4. The van der Waals surface area contributed by atoms with Crippen LogP contribution < -0.4 is 5.32 Å². The lowest BCUT2D eigenvalue weighted by atomic mass is 10.2. The first-order valence-corrected chi connectivity index (χ1v) is 7.03. The van der Waals surface area contributed by atoms with Crippen molar-refractivity contribution >= 4 is 17.4 Å². The van der Waals surface area contributed by atoms with E-state index in [0.29, 0.717) is 0 Å². The first kappa shape index (κ1) is 14.8. The molecule has 5 heteroatoms. The number of hydrogen-bond acceptors (Lipinski definition) is 4. The van der Waals surface area contributed by atoms with Gasteiger partial charge in [-0.05, 0) is 25.6 Å². The number of hydrogen-bond donors (Lipinski definition) is 1. The molecule has 0 saturated carbocycles. The van der Waals surface area contributed by atoms with Gasteiger partial charge in [-0.1, -0.05) is 29.8 Å². The molecule has 0 saturated heterocycles. The van der Waals surface area contributed by atoms with Crippen LogP contribution in [0.1, 0.15) is 18.2 Å². The first-order chi connectivity index (χ1) is 9.69. The zero-order valence-corrected chi connectivity index (χ0v) is 12.6. The van der Waals surface area contributed by atoms with Crippen molar-refractivity contribution in [3.8, 4) is 0 Å². The third kappa shape index (κ3) is 4.18. The molecule has 0 aliphatic rings. The molecule has 0 fully saturated rings. The Morgan fingerprint density at radius 2 is 1.95 bits per heavy atom. The molecule has 2 aromatic rings. The summed E-state index contributed by atoms with van der Waals surface area (Å²) in [5.41, 5.74) is 2.06. The number of nitrogens with zero attached hydrogens (tertiary/aromatic N) is 3. The topological polar surface area (TPSA) is 41.1 Å². The van der Waals surface area contributed by atoms with E-state index in [9.17, 15) is 0 Å². The molecule has 20 heavy (non-hydrogen) atoms. The molecule has 1 aromatic heterocycles. The summed E-state index contributed by atoms with van der Waals surface area (Å²) < 4.78 is 0. The molecule has 106 valence electrons. The van der Waals surface area contributed by atoms with E-state index < -0.39 is 0 Å². The van der Waals surface area contributed by atoms with Crippen molar-refractivity contribution in [1.82, 2.24) is 14.9 Å². The van der Waals surface area contributed by atoms with Gasteiger partial charge in [0.15, 0.2) is 0 Å². The number of anilines is 1. The van der Waals surface area contributed by atoms with E-state index in [1.807, 2.05) is 38.2 Å². The normalized spacial score (nSPS) is 10.8. The summed E-state index contributed by atoms with van der Waals surface area (Å²) in [6.07, 6.45) is 3.57. The molecule has 0 amide bonds. The van der Waals surface area contributed by atoms with Crippen LogP contribution in [0.2, 0.25) is 5.02 Å². The molecule has 0 aliphatic carbocycles. The quantitative estimate of drug-likeness (QED) is 0.887. The molecule has 0 aliphatic heterocycles. The van der Waals surface area contributed by atoms with Crippen LogP contribution in [-0.2, 0) is 13.1 Å². The molecule has 1 heterocycles. The van der Waals surface area contributed by atoms with Gasteiger partial charge in [0, 0.05) is 24.7 Å². The SMILES string of the molecule is CCNc1cnc(CN(C)Cc2ccccc2Cl)cn1. The molecule has 4 nitrogen and oxygen atoms in total. The minimum absolute atomic E-state index is 0.741. The van der Waals surface area contributed by atoms with Crippen LogP contribution in [0, 0.1) is 0 Å². The van der Waals surface area contributed by atoms with Gasteiger partial charge >= 0.3 is 0 Å². The molecule has 1 N–H and O–H groups in total. The fraction of sp³-hybridized carbons (Fsp3) is 0.333. The van der Waals surface area contributed by atoms with Gasteiger partial charge in [-0.2, -0.15) is 0 Å². The zero-order valence-electron chi connectivity index (χ0n) is 11.8. The maximum absolute atomic E-state index is 6.16. The van der Waals surface area contributed by atoms with Crippen LogP contribution in [0.25, 0.3) is 0 Å². The van der Waals surface area contributed by atoms with Gasteiger partial charge in [-0.3, -0.25) is 9.88 Å². The van der Waals surface area contributed by atoms with Crippen LogP contribution >= 0.6 is 11.6 Å². The lowest BCUT2D eigenvalue weighted by Gasteiger charge is -2.17. The highest BCUT2D eigenvalue weighted by Gasteiger charge is 2.06. The molecule has 0 unspecified atom stereocenters. The minimum atomic E-state index is 0.741. The summed E-state index contributed by atoms with van der Waals surface area (Å²) >= 11 is 6.16. The van der Waals surface area contributed by atoms with Crippen LogP contribution in [0.3, 0.4) is 0 Å². The van der Waals surface area contributed by atoms with E-state index in [1.165, 1.54) is 0 Å². The Hall–Kier alpha value is -1.65. The summed E-state index contributed by atoms with van der Waals surface area (Å²) in [6.45, 7) is 4.41. The number of aromatic nitrogens is 2. The number of benzene rings is 1. The summed E-state index contributed by atoms with van der Waals surface area (Å²) in [5, 5.41) is 3.93. The van der Waals surface area contributed by atoms with Gasteiger partial charge in [-0.15, -0.1) is 0 Å². The Bertz CT molecular complexity index is 542. The van der Waals surface area contributed by atoms with Crippen LogP contribution in [0.5, 0.6) is 0 Å². The average Bonchev–Trinajstić information content (AvgIpc) is 2.44. The Kier molecular flexibility index (Phi) is 5.32. The smallest absolute Gasteiger partial charge is 0.144 e. The number of nitrogens with one attached hydrogen (secondary N) is 1. The highest BCUT2D eigenvalue weighted by molar-refractivity contribution is 6.31. The van der Waals surface area contributed by atoms with Gasteiger partial charge in [0.2, 0.25) is 0 Å². The molecular formula is C15H19ClN4. The molecule has 0 bridgehead atoms. The average molecular weight is 291 g/mol. The fourth-order valence-corrected chi connectivity index (χ4v) is 2.15. The van der Waals surface area contributed by atoms with E-state index in [0.717, 1.165) is 41.7 Å². The lowest BCUT2D eigenvalue weighted by Crippen LogP contribution is -2.18. The first-order valence-electron chi connectivity index (χ1n) is 6.65. The van der Waals surface area contributed by atoms with Crippen LogP contribution in [0.4, 0.5) is 5.82 Å². The largest absolute Gasteiger partial charge is 0.369 e. The van der Waals surface area contributed by atoms with Crippen molar-refractivity contribution < 1.29 is 0 Å². The Labute approximate surface area is 124 Å². The third-order valence-corrected chi connectivity index (χ3v) is 3.26. The summed E-state index contributed by atoms with van der Waals surface area (Å²) in [5.74, 6) is 0.810. The minimum Gasteiger partial charge on any atom is -0.369 e.